The molecule has 1 N–H and O–H groups in total. The summed E-state index contributed by atoms with van der Waals surface area (Å²) < 4.78 is 5.59. The number of Topliss-reactive ketones (excluding diaryl/α,β-unsaturated/α-hetero) is 1. The number of hydrogen-bond donors (Lipinski definition) is 1. The molecule has 2 atom stereocenters. The molecule has 1 aliphatic heterocycles. The summed E-state index contributed by atoms with van der Waals surface area (Å²) in [7, 11) is 0. The largest absolute Gasteiger partial charge is 0.504 e. The molecule has 2 unspecified atom stereocenters. The van der Waals surface area contributed by atoms with E-state index in [0.717, 1.165) is 33.0 Å². The van der Waals surface area contributed by atoms with Crippen molar-refractivity contribution in [2.24, 2.45) is 10.9 Å². The van der Waals surface area contributed by atoms with Crippen molar-refractivity contribution in [3.05, 3.63) is 83.4 Å². The van der Waals surface area contributed by atoms with Crippen LogP contribution in [0.3, 0.4) is 0 Å². The van der Waals surface area contributed by atoms with Gasteiger partial charge in [-0.3, -0.25) is 9.79 Å². The number of carbonyl (C=O) groups excluding carboxylic acids is 1. The average Bonchev–Trinajstić information content (AvgIpc) is 2.91. The van der Waals surface area contributed by atoms with Gasteiger partial charge in [0.1, 0.15) is 0 Å². The molecule has 3 aromatic rings. The third kappa shape index (κ3) is 2.93. The van der Waals surface area contributed by atoms with Gasteiger partial charge in [-0.2, -0.15) is 0 Å². The lowest BCUT2D eigenvalue weighted by Crippen LogP contribution is -2.22. The topological polar surface area (TPSA) is 58.9 Å². The summed E-state index contributed by atoms with van der Waals surface area (Å²) in [4.78, 5) is 19.4. The van der Waals surface area contributed by atoms with Crippen LogP contribution >= 0.6 is 11.8 Å². The Hall–Kier alpha value is -3.05. The van der Waals surface area contributed by atoms with Gasteiger partial charge >= 0.3 is 0 Å². The number of carbonyl (C=O) groups is 1. The predicted molar refractivity (Wildman–Crippen MR) is 115 cm³/mol. The highest BCUT2D eigenvalue weighted by molar-refractivity contribution is 7.99. The van der Waals surface area contributed by atoms with Gasteiger partial charge in [0.2, 0.25) is 0 Å². The summed E-state index contributed by atoms with van der Waals surface area (Å²) in [6.07, 6.45) is 0. The van der Waals surface area contributed by atoms with Crippen LogP contribution in [0.2, 0.25) is 0 Å². The van der Waals surface area contributed by atoms with E-state index < -0.39 is 0 Å². The Balaban J connectivity index is 1.70. The molecule has 1 heterocycles. The standard InChI is InChI=1S/C24H19NO3S/c1-2-28-19-13-14(11-12-18(19)26)24-21-22(15-7-3-4-8-16(15)23(21)27)25-17-9-5-6-10-20(17)29-24/h3-13,21,24,26H,2H2,1H3. The number of ketones is 1. The molecule has 29 heavy (non-hydrogen) atoms. The summed E-state index contributed by atoms with van der Waals surface area (Å²) in [6, 6.07) is 21.0. The molecule has 1 aliphatic carbocycles. The molecule has 2 aliphatic rings. The maximum atomic E-state index is 13.4. The number of thioether (sulfide) groups is 1. The number of aromatic hydroxyl groups is 1. The highest BCUT2D eigenvalue weighted by Gasteiger charge is 2.44. The summed E-state index contributed by atoms with van der Waals surface area (Å²) >= 11 is 1.64. The van der Waals surface area contributed by atoms with E-state index in [0.29, 0.717) is 12.4 Å². The molecule has 5 heteroatoms. The monoisotopic (exact) mass is 401 g/mol. The minimum Gasteiger partial charge on any atom is -0.504 e. The number of para-hydroxylation sites is 1. The molecule has 0 fully saturated rings. The zero-order valence-corrected chi connectivity index (χ0v) is 16.6. The normalized spacial score (nSPS) is 19.6. The highest BCUT2D eigenvalue weighted by atomic mass is 32.2. The van der Waals surface area contributed by atoms with Gasteiger partial charge in [-0.05, 0) is 36.8 Å². The number of ether oxygens (including phenoxy) is 1. The van der Waals surface area contributed by atoms with E-state index in [1.807, 2.05) is 67.6 Å². The van der Waals surface area contributed by atoms with Crippen LogP contribution in [0, 0.1) is 5.92 Å². The van der Waals surface area contributed by atoms with Gasteiger partial charge in [-0.25, -0.2) is 0 Å². The first kappa shape index (κ1) is 18.0. The van der Waals surface area contributed by atoms with Crippen LogP contribution in [0.25, 0.3) is 0 Å². The fourth-order valence-corrected chi connectivity index (χ4v) is 5.35. The molecule has 3 aromatic carbocycles. The van der Waals surface area contributed by atoms with Crippen LogP contribution in [0.5, 0.6) is 11.5 Å². The fourth-order valence-electron chi connectivity index (χ4n) is 4.01. The van der Waals surface area contributed by atoms with Gasteiger partial charge in [-0.15, -0.1) is 11.8 Å². The number of hydrogen-bond acceptors (Lipinski definition) is 5. The summed E-state index contributed by atoms with van der Waals surface area (Å²) in [5.74, 6) is 0.244. The molecule has 0 aromatic heterocycles. The molecule has 0 spiro atoms. The summed E-state index contributed by atoms with van der Waals surface area (Å²) in [5, 5.41) is 9.97. The molecule has 0 saturated carbocycles. The molecule has 0 radical (unpaired) electrons. The van der Waals surface area contributed by atoms with Gasteiger partial charge in [0.05, 0.1) is 29.2 Å². The second kappa shape index (κ2) is 7.08. The smallest absolute Gasteiger partial charge is 0.174 e. The maximum Gasteiger partial charge on any atom is 0.174 e. The lowest BCUT2D eigenvalue weighted by molar-refractivity contribution is 0.0960. The number of phenolic OH excluding ortho intramolecular Hbond substituents is 1. The number of rotatable bonds is 3. The molecular weight excluding hydrogens is 382 g/mol. The van der Waals surface area contributed by atoms with Crippen LogP contribution in [0.4, 0.5) is 5.69 Å². The van der Waals surface area contributed by atoms with E-state index in [-0.39, 0.29) is 22.7 Å². The van der Waals surface area contributed by atoms with E-state index in [4.69, 9.17) is 9.73 Å². The van der Waals surface area contributed by atoms with E-state index in [9.17, 15) is 9.90 Å². The number of aliphatic imine (C=N–C) groups is 1. The molecule has 0 amide bonds. The van der Waals surface area contributed by atoms with Gasteiger partial charge < -0.3 is 9.84 Å². The van der Waals surface area contributed by atoms with E-state index in [1.54, 1.807) is 17.8 Å². The van der Waals surface area contributed by atoms with Crippen LogP contribution in [-0.2, 0) is 0 Å². The van der Waals surface area contributed by atoms with Crippen molar-refractivity contribution in [2.45, 2.75) is 17.1 Å². The van der Waals surface area contributed by atoms with E-state index in [1.165, 1.54) is 0 Å². The molecule has 5 rings (SSSR count). The Kier molecular flexibility index (Phi) is 4.40. The number of fused-ring (bicyclic) bond motifs is 4. The van der Waals surface area contributed by atoms with Crippen molar-refractivity contribution in [1.82, 2.24) is 0 Å². The van der Waals surface area contributed by atoms with Gasteiger partial charge in [0.15, 0.2) is 17.3 Å². The SMILES string of the molecule is CCOc1cc(C2Sc3ccccc3N=C3c4ccccc4C(=O)C32)ccc1O. The van der Waals surface area contributed by atoms with Gasteiger partial charge in [0, 0.05) is 16.0 Å². The molecule has 4 nitrogen and oxygen atoms in total. The average molecular weight is 401 g/mol. The van der Waals surface area contributed by atoms with Crippen LogP contribution < -0.4 is 4.74 Å². The predicted octanol–water partition coefficient (Wildman–Crippen LogP) is 5.57. The fraction of sp³-hybridized carbons (Fsp3) is 0.167. The minimum absolute atomic E-state index is 0.0932. The number of phenols is 1. The van der Waals surface area contributed by atoms with Crippen molar-refractivity contribution in [2.75, 3.05) is 6.61 Å². The molecule has 144 valence electrons. The Bertz CT molecular complexity index is 1150. The Morgan fingerprint density at radius 1 is 1.03 bits per heavy atom. The maximum absolute atomic E-state index is 13.4. The second-order valence-electron chi connectivity index (χ2n) is 7.05. The van der Waals surface area contributed by atoms with Gasteiger partial charge in [-0.1, -0.05) is 42.5 Å². The summed E-state index contributed by atoms with van der Waals surface area (Å²) in [5.41, 5.74) is 4.28. The van der Waals surface area contributed by atoms with E-state index >= 15 is 0 Å². The lowest BCUT2D eigenvalue weighted by Gasteiger charge is -2.22. The van der Waals surface area contributed by atoms with Crippen LogP contribution in [0.1, 0.15) is 33.7 Å². The van der Waals surface area contributed by atoms with Crippen molar-refractivity contribution < 1.29 is 14.6 Å². The first-order valence-corrected chi connectivity index (χ1v) is 10.5. The van der Waals surface area contributed by atoms with E-state index in [2.05, 4.69) is 0 Å². The first-order chi connectivity index (χ1) is 14.2. The van der Waals surface area contributed by atoms with Crippen molar-refractivity contribution >= 4 is 28.9 Å². The zero-order valence-electron chi connectivity index (χ0n) is 15.8. The third-order valence-electron chi connectivity index (χ3n) is 5.32. The lowest BCUT2D eigenvalue weighted by atomic mass is 9.93. The second-order valence-corrected chi connectivity index (χ2v) is 8.23. The van der Waals surface area contributed by atoms with Crippen molar-refractivity contribution in [3.8, 4) is 11.5 Å². The third-order valence-corrected chi connectivity index (χ3v) is 6.72. The van der Waals surface area contributed by atoms with Crippen molar-refractivity contribution in [3.63, 3.8) is 0 Å². The van der Waals surface area contributed by atoms with Gasteiger partial charge in [0.25, 0.3) is 0 Å². The Morgan fingerprint density at radius 3 is 2.62 bits per heavy atom. The van der Waals surface area contributed by atoms with Crippen LogP contribution in [0.15, 0.2) is 76.6 Å². The zero-order chi connectivity index (χ0) is 20.0. The Morgan fingerprint density at radius 2 is 1.79 bits per heavy atom. The molecular formula is C24H19NO3S. The summed E-state index contributed by atoms with van der Waals surface area (Å²) in [6.45, 7) is 2.34. The highest BCUT2D eigenvalue weighted by Crippen LogP contribution is 2.52. The van der Waals surface area contributed by atoms with Crippen molar-refractivity contribution in [1.29, 1.82) is 0 Å². The quantitative estimate of drug-likeness (QED) is 0.623. The minimum atomic E-state index is -0.385. The molecule has 0 bridgehead atoms. The number of nitrogens with zero attached hydrogens (tertiary/aromatic N) is 1. The van der Waals surface area contributed by atoms with Crippen LogP contribution in [-0.4, -0.2) is 23.2 Å². The Labute approximate surface area is 173 Å². The first-order valence-electron chi connectivity index (χ1n) is 9.61. The molecule has 0 saturated heterocycles. The number of benzene rings is 3.